The van der Waals surface area contributed by atoms with Crippen molar-refractivity contribution in [3.05, 3.63) is 0 Å². The summed E-state index contributed by atoms with van der Waals surface area (Å²) in [6, 6.07) is -0.0417. The summed E-state index contributed by atoms with van der Waals surface area (Å²) in [7, 11) is 5.97. The molecule has 0 spiro atoms. The molecule has 0 aliphatic heterocycles. The van der Waals surface area contributed by atoms with Crippen LogP contribution in [0.3, 0.4) is 0 Å². The average Bonchev–Trinajstić information content (AvgIpc) is 1.79. The van der Waals surface area contributed by atoms with Gasteiger partial charge < -0.3 is 10.2 Å². The van der Waals surface area contributed by atoms with Gasteiger partial charge in [-0.3, -0.25) is 4.79 Å². The fraction of sp³-hybridized carbons (Fsp3) is 0.875. The first-order chi connectivity index (χ1) is 4.89. The molecule has 0 radical (unpaired) electrons. The first-order valence-corrected chi connectivity index (χ1v) is 4.00. The van der Waals surface area contributed by atoms with Crippen molar-refractivity contribution >= 4 is 5.91 Å². The van der Waals surface area contributed by atoms with Crippen LogP contribution in [0.5, 0.6) is 0 Å². The Morgan fingerprint density at radius 3 is 2.00 bits per heavy atom. The van der Waals surface area contributed by atoms with Crippen molar-refractivity contribution in [2.75, 3.05) is 21.1 Å². The van der Waals surface area contributed by atoms with Crippen LogP contribution in [0.15, 0.2) is 0 Å². The summed E-state index contributed by atoms with van der Waals surface area (Å²) in [5, 5.41) is 0. The van der Waals surface area contributed by atoms with Crippen LogP contribution in [0.2, 0.25) is 0 Å². The molecule has 66 valence electrons. The van der Waals surface area contributed by atoms with Crippen LogP contribution in [-0.2, 0) is 4.79 Å². The second kappa shape index (κ2) is 3.72. The number of primary amides is 1. The number of carbonyl (C=O) groups excluding carboxylic acids is 1. The van der Waals surface area contributed by atoms with Crippen molar-refractivity contribution in [1.82, 2.24) is 0 Å². The molecule has 11 heavy (non-hydrogen) atoms. The fourth-order valence-electron chi connectivity index (χ4n) is 1.18. The minimum Gasteiger partial charge on any atom is -0.365 e. The molecular formula is C8H19N2O+. The molecular weight excluding hydrogens is 140 g/mol. The van der Waals surface area contributed by atoms with Gasteiger partial charge in [0.25, 0.3) is 5.91 Å². The quantitative estimate of drug-likeness (QED) is 0.591. The average molecular weight is 159 g/mol. The maximum absolute atomic E-state index is 10.9. The van der Waals surface area contributed by atoms with Gasteiger partial charge >= 0.3 is 0 Å². The second-order valence-corrected chi connectivity index (χ2v) is 3.82. The van der Waals surface area contributed by atoms with Crippen molar-refractivity contribution in [3.63, 3.8) is 0 Å². The lowest BCUT2D eigenvalue weighted by atomic mass is 10.1. The molecule has 3 nitrogen and oxygen atoms in total. The van der Waals surface area contributed by atoms with Crippen molar-refractivity contribution in [1.29, 1.82) is 0 Å². The van der Waals surface area contributed by atoms with Crippen LogP contribution in [0.1, 0.15) is 19.8 Å². The molecule has 3 heteroatoms. The van der Waals surface area contributed by atoms with Crippen LogP contribution < -0.4 is 5.73 Å². The molecule has 0 rings (SSSR count). The van der Waals surface area contributed by atoms with Crippen LogP contribution in [-0.4, -0.2) is 37.6 Å². The molecule has 0 aromatic heterocycles. The van der Waals surface area contributed by atoms with Crippen molar-refractivity contribution in [3.8, 4) is 0 Å². The highest BCUT2D eigenvalue weighted by Crippen LogP contribution is 2.08. The highest BCUT2D eigenvalue weighted by atomic mass is 16.1. The van der Waals surface area contributed by atoms with Gasteiger partial charge in [-0.05, 0) is 6.42 Å². The minimum absolute atomic E-state index is 0.0417. The van der Waals surface area contributed by atoms with Gasteiger partial charge in [-0.1, -0.05) is 6.92 Å². The number of nitrogens with two attached hydrogens (primary N) is 1. The summed E-state index contributed by atoms with van der Waals surface area (Å²) >= 11 is 0. The Labute approximate surface area is 68.8 Å². The number of carbonyl (C=O) groups is 1. The predicted octanol–water partition coefficient (Wildman–Crippen LogP) is 0.347. The lowest BCUT2D eigenvalue weighted by Gasteiger charge is -2.31. The van der Waals surface area contributed by atoms with Gasteiger partial charge in [-0.2, -0.15) is 0 Å². The van der Waals surface area contributed by atoms with Crippen LogP contribution in [0.4, 0.5) is 0 Å². The molecule has 0 aromatic rings. The van der Waals surface area contributed by atoms with E-state index in [1.165, 1.54) is 0 Å². The highest BCUT2D eigenvalue weighted by molar-refractivity contribution is 5.78. The number of quaternary nitrogens is 1. The zero-order valence-corrected chi connectivity index (χ0v) is 7.92. The smallest absolute Gasteiger partial charge is 0.275 e. The number of rotatable bonds is 4. The summed E-state index contributed by atoms with van der Waals surface area (Å²) in [4.78, 5) is 10.9. The molecule has 1 amide bonds. The normalized spacial score (nSPS) is 14.5. The molecule has 0 aromatic carbocycles. The third kappa shape index (κ3) is 3.37. The Morgan fingerprint density at radius 2 is 1.91 bits per heavy atom. The van der Waals surface area contributed by atoms with Crippen molar-refractivity contribution < 1.29 is 9.28 Å². The van der Waals surface area contributed by atoms with E-state index in [0.717, 1.165) is 12.8 Å². The molecule has 0 saturated heterocycles. The molecule has 0 fully saturated rings. The number of hydrogen-bond donors (Lipinski definition) is 1. The Hall–Kier alpha value is -0.570. The molecule has 0 heterocycles. The lowest BCUT2D eigenvalue weighted by molar-refractivity contribution is -0.886. The van der Waals surface area contributed by atoms with Gasteiger partial charge in [0, 0.05) is 6.42 Å². The predicted molar refractivity (Wildman–Crippen MR) is 45.9 cm³/mol. The van der Waals surface area contributed by atoms with Crippen molar-refractivity contribution in [2.24, 2.45) is 5.73 Å². The van der Waals surface area contributed by atoms with Crippen LogP contribution >= 0.6 is 0 Å². The second-order valence-electron chi connectivity index (χ2n) is 3.82. The number of hydrogen-bond acceptors (Lipinski definition) is 1. The molecule has 0 saturated carbocycles. The van der Waals surface area contributed by atoms with E-state index in [4.69, 9.17) is 5.73 Å². The number of nitrogens with zero attached hydrogens (tertiary/aromatic N) is 1. The van der Waals surface area contributed by atoms with E-state index in [9.17, 15) is 4.79 Å². The zero-order chi connectivity index (χ0) is 9.07. The van der Waals surface area contributed by atoms with Gasteiger partial charge in [0.1, 0.15) is 0 Å². The highest BCUT2D eigenvalue weighted by Gasteiger charge is 2.27. The monoisotopic (exact) mass is 159 g/mol. The SMILES string of the molecule is CCCC(C(N)=O)[N+](C)(C)C. The summed E-state index contributed by atoms with van der Waals surface area (Å²) in [6.07, 6.45) is 1.88. The van der Waals surface area contributed by atoms with Crippen LogP contribution in [0, 0.1) is 0 Å². The molecule has 0 aliphatic carbocycles. The lowest BCUT2D eigenvalue weighted by Crippen LogP contribution is -2.52. The third-order valence-electron chi connectivity index (χ3n) is 1.83. The van der Waals surface area contributed by atoms with E-state index in [2.05, 4.69) is 6.92 Å². The largest absolute Gasteiger partial charge is 0.365 e. The Morgan fingerprint density at radius 1 is 1.45 bits per heavy atom. The number of likely N-dealkylation sites (N-methyl/N-ethyl adjacent to an activating group) is 1. The van der Waals surface area contributed by atoms with Gasteiger partial charge in [0.15, 0.2) is 6.04 Å². The summed E-state index contributed by atoms with van der Waals surface area (Å²) in [6.45, 7) is 2.06. The van der Waals surface area contributed by atoms with Gasteiger partial charge in [0.05, 0.1) is 21.1 Å². The third-order valence-corrected chi connectivity index (χ3v) is 1.83. The van der Waals surface area contributed by atoms with Gasteiger partial charge in [0.2, 0.25) is 0 Å². The first kappa shape index (κ1) is 10.4. The van der Waals surface area contributed by atoms with E-state index in [1.807, 2.05) is 21.1 Å². The van der Waals surface area contributed by atoms with Crippen LogP contribution in [0.25, 0.3) is 0 Å². The first-order valence-electron chi connectivity index (χ1n) is 4.00. The Kier molecular flexibility index (Phi) is 3.52. The van der Waals surface area contributed by atoms with E-state index >= 15 is 0 Å². The van der Waals surface area contributed by atoms with Gasteiger partial charge in [-0.15, -0.1) is 0 Å². The maximum atomic E-state index is 10.9. The maximum Gasteiger partial charge on any atom is 0.275 e. The number of amides is 1. The Balaban J connectivity index is 4.22. The topological polar surface area (TPSA) is 43.1 Å². The fourth-order valence-corrected chi connectivity index (χ4v) is 1.18. The van der Waals surface area contributed by atoms with E-state index < -0.39 is 0 Å². The van der Waals surface area contributed by atoms with E-state index in [1.54, 1.807) is 0 Å². The van der Waals surface area contributed by atoms with E-state index in [0.29, 0.717) is 4.48 Å². The van der Waals surface area contributed by atoms with E-state index in [-0.39, 0.29) is 11.9 Å². The molecule has 0 bridgehead atoms. The molecule has 1 unspecified atom stereocenters. The minimum atomic E-state index is -0.195. The zero-order valence-electron chi connectivity index (χ0n) is 7.92. The molecule has 2 N–H and O–H groups in total. The standard InChI is InChI=1S/C8H18N2O/c1-5-6-7(8(9)11)10(2,3)4/h7H,5-6H2,1-4H3,(H-,9,11)/p+1. The Bertz CT molecular complexity index is 138. The molecule has 0 aliphatic rings. The van der Waals surface area contributed by atoms with Crippen molar-refractivity contribution in [2.45, 2.75) is 25.8 Å². The molecule has 1 atom stereocenters. The summed E-state index contributed by atoms with van der Waals surface area (Å²) in [5.74, 6) is -0.195. The summed E-state index contributed by atoms with van der Waals surface area (Å²) < 4.78 is 0.628. The summed E-state index contributed by atoms with van der Waals surface area (Å²) in [5.41, 5.74) is 5.25. The van der Waals surface area contributed by atoms with Gasteiger partial charge in [-0.25, -0.2) is 0 Å².